The van der Waals surface area contributed by atoms with Crippen molar-refractivity contribution in [1.82, 2.24) is 0 Å². The molecule has 0 aromatic heterocycles. The van der Waals surface area contributed by atoms with Gasteiger partial charge in [0, 0.05) is 6.61 Å². The summed E-state index contributed by atoms with van der Waals surface area (Å²) in [6.45, 7) is 1.74. The third-order valence-electron chi connectivity index (χ3n) is 0.847. The highest BCUT2D eigenvalue weighted by Gasteiger charge is 2.47. The van der Waals surface area contributed by atoms with Crippen molar-refractivity contribution in [2.45, 2.75) is 15.2 Å². The van der Waals surface area contributed by atoms with Crippen molar-refractivity contribution in [3.63, 3.8) is 0 Å². The molecule has 0 heterocycles. The number of ketones is 1. The van der Waals surface area contributed by atoms with Gasteiger partial charge in [-0.15, -0.1) is 0 Å². The van der Waals surface area contributed by atoms with Crippen molar-refractivity contribution in [2.75, 3.05) is 6.61 Å². The molecule has 0 amide bonds. The van der Waals surface area contributed by atoms with Gasteiger partial charge in [-0.3, -0.25) is 4.79 Å². The minimum Gasteiger partial charge on any atom is -0.341 e. The lowest BCUT2D eigenvalue weighted by atomic mass is 10.4. The first-order valence-electron chi connectivity index (χ1n) is 2.85. The summed E-state index contributed by atoms with van der Waals surface area (Å²) in [5.74, 6) is -1.02. The largest absolute Gasteiger partial charge is 0.341 e. The van der Waals surface area contributed by atoms with Crippen molar-refractivity contribution in [2.24, 2.45) is 0 Å². The van der Waals surface area contributed by atoms with E-state index in [9.17, 15) is 4.79 Å². The highest BCUT2D eigenvalue weighted by molar-refractivity contribution is 6.80. The smallest absolute Gasteiger partial charge is 0.282 e. The molecule has 0 aromatic rings. The lowest BCUT2D eigenvalue weighted by Gasteiger charge is -2.21. The SMILES string of the molecule is CCOC(Cl)(Cl)C(=O)C(Cl)(Cl)Cl. The van der Waals surface area contributed by atoms with Crippen LogP contribution in [0.25, 0.3) is 0 Å². The molecule has 0 bridgehead atoms. The number of Topliss-reactive ketones (excluding diaryl/α,β-unsaturated/α-hetero) is 1. The molecular formula is C5H5Cl5O2. The summed E-state index contributed by atoms with van der Waals surface area (Å²) in [7, 11) is 0. The molecule has 12 heavy (non-hydrogen) atoms. The summed E-state index contributed by atoms with van der Waals surface area (Å²) in [6.07, 6.45) is 0. The van der Waals surface area contributed by atoms with Crippen molar-refractivity contribution >= 4 is 63.8 Å². The topological polar surface area (TPSA) is 26.3 Å². The zero-order valence-corrected chi connectivity index (χ0v) is 9.69. The van der Waals surface area contributed by atoms with Crippen LogP contribution in [0.1, 0.15) is 6.92 Å². The Morgan fingerprint density at radius 3 is 1.92 bits per heavy atom. The van der Waals surface area contributed by atoms with Crippen LogP contribution in [0.4, 0.5) is 0 Å². The fourth-order valence-electron chi connectivity index (χ4n) is 0.412. The molecule has 0 saturated heterocycles. The van der Waals surface area contributed by atoms with Crippen molar-refractivity contribution < 1.29 is 9.53 Å². The molecule has 0 unspecified atom stereocenters. The molecule has 2 nitrogen and oxygen atoms in total. The number of alkyl halides is 5. The highest BCUT2D eigenvalue weighted by Crippen LogP contribution is 2.37. The van der Waals surface area contributed by atoms with Crippen LogP contribution in [0.3, 0.4) is 0 Å². The van der Waals surface area contributed by atoms with Gasteiger partial charge in [-0.1, -0.05) is 58.0 Å². The van der Waals surface area contributed by atoms with Crippen LogP contribution in [0, 0.1) is 0 Å². The molecule has 0 fully saturated rings. The monoisotopic (exact) mass is 272 g/mol. The van der Waals surface area contributed by atoms with Gasteiger partial charge in [0.1, 0.15) is 0 Å². The standard InChI is InChI=1S/C5H5Cl5O2/c1-2-12-5(9,10)3(11)4(6,7)8/h2H2,1H3. The van der Waals surface area contributed by atoms with E-state index in [1.807, 2.05) is 0 Å². The minimum atomic E-state index is -2.17. The molecule has 0 N–H and O–H groups in total. The molecule has 0 aliphatic carbocycles. The lowest BCUT2D eigenvalue weighted by molar-refractivity contribution is -0.127. The third-order valence-corrected chi connectivity index (χ3v) is 1.92. The Balaban J connectivity index is 4.46. The maximum atomic E-state index is 11.1. The van der Waals surface area contributed by atoms with Gasteiger partial charge in [0.15, 0.2) is 0 Å². The zero-order valence-electron chi connectivity index (χ0n) is 5.91. The van der Waals surface area contributed by atoms with Crippen molar-refractivity contribution in [3.05, 3.63) is 0 Å². The molecule has 72 valence electrons. The second kappa shape index (κ2) is 4.54. The molecular weight excluding hydrogens is 269 g/mol. The number of carbonyl (C=O) groups is 1. The Hall–Kier alpha value is 1.08. The highest BCUT2D eigenvalue weighted by atomic mass is 35.6. The van der Waals surface area contributed by atoms with Gasteiger partial charge in [-0.2, -0.15) is 0 Å². The quantitative estimate of drug-likeness (QED) is 0.739. The van der Waals surface area contributed by atoms with E-state index in [1.54, 1.807) is 6.92 Å². The van der Waals surface area contributed by atoms with E-state index in [4.69, 9.17) is 58.0 Å². The Bertz CT molecular complexity index is 173. The van der Waals surface area contributed by atoms with Gasteiger partial charge in [0.05, 0.1) is 0 Å². The summed E-state index contributed by atoms with van der Waals surface area (Å²) in [5, 5.41) is 0. The normalized spacial score (nSPS) is 13.2. The maximum Gasteiger partial charge on any atom is 0.282 e. The van der Waals surface area contributed by atoms with Gasteiger partial charge in [-0.25, -0.2) is 0 Å². The molecule has 7 heteroatoms. The maximum absolute atomic E-state index is 11.1. The van der Waals surface area contributed by atoms with Crippen molar-refractivity contribution in [3.8, 4) is 0 Å². The summed E-state index contributed by atoms with van der Waals surface area (Å²) in [4.78, 5) is 11.1. The number of rotatable bonds is 3. The number of carbonyl (C=O) groups excluding carboxylic acids is 1. The van der Waals surface area contributed by atoms with E-state index in [1.165, 1.54) is 0 Å². The average molecular weight is 274 g/mol. The number of halogens is 5. The van der Waals surface area contributed by atoms with Gasteiger partial charge < -0.3 is 4.74 Å². The van der Waals surface area contributed by atoms with Crippen LogP contribution < -0.4 is 0 Å². The second-order valence-electron chi connectivity index (χ2n) is 1.78. The van der Waals surface area contributed by atoms with E-state index in [0.29, 0.717) is 0 Å². The molecule has 0 saturated carbocycles. The molecule has 0 aliphatic rings. The van der Waals surface area contributed by atoms with Gasteiger partial charge in [0.2, 0.25) is 5.78 Å². The van der Waals surface area contributed by atoms with Crippen LogP contribution in [-0.4, -0.2) is 20.7 Å². The van der Waals surface area contributed by atoms with E-state index < -0.39 is 14.1 Å². The van der Waals surface area contributed by atoms with Crippen LogP contribution >= 0.6 is 58.0 Å². The predicted molar refractivity (Wildman–Crippen MR) is 51.4 cm³/mol. The Labute approximate surface area is 95.0 Å². The van der Waals surface area contributed by atoms with Crippen LogP contribution in [0.2, 0.25) is 0 Å². The lowest BCUT2D eigenvalue weighted by Crippen LogP contribution is -2.38. The first-order chi connectivity index (χ1) is 5.22. The number of hydrogen-bond donors (Lipinski definition) is 0. The van der Waals surface area contributed by atoms with Crippen LogP contribution in [-0.2, 0) is 9.53 Å². The van der Waals surface area contributed by atoms with E-state index >= 15 is 0 Å². The number of hydrogen-bond acceptors (Lipinski definition) is 2. The van der Waals surface area contributed by atoms with E-state index in [0.717, 1.165) is 0 Å². The Morgan fingerprint density at radius 1 is 1.25 bits per heavy atom. The summed E-state index contributed by atoms with van der Waals surface area (Å²) >= 11 is 26.5. The molecule has 0 aromatic carbocycles. The first kappa shape index (κ1) is 13.1. The molecule has 0 atom stereocenters. The summed E-state index contributed by atoms with van der Waals surface area (Å²) in [5.41, 5.74) is 0. The Morgan fingerprint density at radius 2 is 1.67 bits per heavy atom. The second-order valence-corrected chi connectivity index (χ2v) is 5.32. The predicted octanol–water partition coefficient (Wildman–Crippen LogP) is 3.09. The number of ether oxygens (including phenoxy) is 1. The summed E-state index contributed by atoms with van der Waals surface area (Å²) < 4.78 is 0.380. The average Bonchev–Trinajstić information content (AvgIpc) is 1.84. The van der Waals surface area contributed by atoms with Crippen LogP contribution in [0.5, 0.6) is 0 Å². The van der Waals surface area contributed by atoms with Crippen LogP contribution in [0.15, 0.2) is 0 Å². The fraction of sp³-hybridized carbons (Fsp3) is 0.800. The molecule has 0 radical (unpaired) electrons. The van der Waals surface area contributed by atoms with Crippen molar-refractivity contribution in [1.29, 1.82) is 0 Å². The summed E-state index contributed by atoms with van der Waals surface area (Å²) in [6, 6.07) is 0. The molecule has 0 aliphatic heterocycles. The van der Waals surface area contributed by atoms with E-state index in [2.05, 4.69) is 4.74 Å². The third kappa shape index (κ3) is 3.86. The van der Waals surface area contributed by atoms with Gasteiger partial charge in [-0.05, 0) is 6.92 Å². The molecule has 0 spiro atoms. The Kier molecular flexibility index (Phi) is 4.95. The van der Waals surface area contributed by atoms with E-state index in [-0.39, 0.29) is 6.61 Å². The first-order valence-corrected chi connectivity index (χ1v) is 4.74. The fourth-order valence-corrected chi connectivity index (χ4v) is 1.60. The minimum absolute atomic E-state index is 0.138. The zero-order chi connectivity index (χ0) is 9.99. The molecule has 0 rings (SSSR count). The van der Waals surface area contributed by atoms with Gasteiger partial charge >= 0.3 is 0 Å². The van der Waals surface area contributed by atoms with Gasteiger partial charge in [0.25, 0.3) is 8.31 Å².